The van der Waals surface area contributed by atoms with Crippen LogP contribution in [0.3, 0.4) is 0 Å². The maximum absolute atomic E-state index is 13.6. The zero-order valence-corrected chi connectivity index (χ0v) is 13.6. The molecular formula is C17H19FN2O4. The highest BCUT2D eigenvalue weighted by molar-refractivity contribution is 5.99. The van der Waals surface area contributed by atoms with Crippen LogP contribution in [0.15, 0.2) is 22.7 Å². The fourth-order valence-electron chi connectivity index (χ4n) is 3.05. The summed E-state index contributed by atoms with van der Waals surface area (Å²) in [5, 5.41) is 13.6. The van der Waals surface area contributed by atoms with Crippen molar-refractivity contribution in [2.24, 2.45) is 5.92 Å². The summed E-state index contributed by atoms with van der Waals surface area (Å²) in [4.78, 5) is 13.7. The maximum Gasteiger partial charge on any atom is 0.343 e. The fraction of sp³-hybridized carbons (Fsp3) is 0.412. The first-order chi connectivity index (χ1) is 11.5. The van der Waals surface area contributed by atoms with Gasteiger partial charge in [-0.05, 0) is 30.5 Å². The van der Waals surface area contributed by atoms with E-state index in [9.17, 15) is 14.3 Å². The van der Waals surface area contributed by atoms with Crippen molar-refractivity contribution >= 4 is 11.8 Å². The van der Waals surface area contributed by atoms with Crippen molar-refractivity contribution in [3.8, 4) is 17.1 Å². The van der Waals surface area contributed by atoms with Crippen LogP contribution in [0.2, 0.25) is 0 Å². The second-order valence-corrected chi connectivity index (χ2v) is 5.87. The molecule has 0 radical (unpaired) electrons. The number of hydrogen-bond acceptors (Lipinski definition) is 5. The Kier molecular flexibility index (Phi) is 4.42. The number of hydrogen-bond donors (Lipinski definition) is 1. The van der Waals surface area contributed by atoms with E-state index in [2.05, 4.69) is 12.1 Å². The highest BCUT2D eigenvalue weighted by atomic mass is 19.1. The molecule has 1 fully saturated rings. The first-order valence-electron chi connectivity index (χ1n) is 7.87. The molecule has 0 saturated carbocycles. The molecule has 2 heterocycles. The molecule has 1 aromatic heterocycles. The van der Waals surface area contributed by atoms with Crippen molar-refractivity contribution in [2.75, 3.05) is 25.1 Å². The minimum absolute atomic E-state index is 0.000384. The fourth-order valence-corrected chi connectivity index (χ4v) is 3.05. The molecule has 1 atom stereocenters. The number of nitrogens with zero attached hydrogens (tertiary/aromatic N) is 2. The SMILES string of the molecule is CCC1CCN(c2noc(-c3ccc(F)c(OC)c3)c2C(=O)O)C1. The molecule has 6 nitrogen and oxygen atoms in total. The Morgan fingerprint density at radius 2 is 2.33 bits per heavy atom. The van der Waals surface area contributed by atoms with Gasteiger partial charge in [0.25, 0.3) is 0 Å². The lowest BCUT2D eigenvalue weighted by atomic mass is 10.1. The first kappa shape index (κ1) is 16.3. The first-order valence-corrected chi connectivity index (χ1v) is 7.87. The van der Waals surface area contributed by atoms with E-state index in [1.807, 2.05) is 4.90 Å². The van der Waals surface area contributed by atoms with Crippen LogP contribution in [0.5, 0.6) is 5.75 Å². The van der Waals surface area contributed by atoms with Crippen LogP contribution in [0.25, 0.3) is 11.3 Å². The van der Waals surface area contributed by atoms with Crippen LogP contribution >= 0.6 is 0 Å². The van der Waals surface area contributed by atoms with Crippen molar-refractivity contribution < 1.29 is 23.6 Å². The van der Waals surface area contributed by atoms with Crippen LogP contribution in [0.4, 0.5) is 10.2 Å². The summed E-state index contributed by atoms with van der Waals surface area (Å²) in [6, 6.07) is 4.07. The Morgan fingerprint density at radius 3 is 2.96 bits per heavy atom. The van der Waals surface area contributed by atoms with Crippen LogP contribution in [-0.2, 0) is 0 Å². The molecule has 1 aliphatic heterocycles. The quantitative estimate of drug-likeness (QED) is 0.903. The number of halogens is 1. The van der Waals surface area contributed by atoms with E-state index >= 15 is 0 Å². The average Bonchev–Trinajstić information content (AvgIpc) is 3.21. The van der Waals surface area contributed by atoms with Crippen molar-refractivity contribution in [1.82, 2.24) is 5.16 Å². The predicted octanol–water partition coefficient (Wildman–Crippen LogP) is 3.42. The van der Waals surface area contributed by atoms with Gasteiger partial charge in [-0.3, -0.25) is 0 Å². The van der Waals surface area contributed by atoms with E-state index in [4.69, 9.17) is 9.26 Å². The Balaban J connectivity index is 2.02. The molecule has 0 bridgehead atoms. The molecule has 1 aliphatic rings. The van der Waals surface area contributed by atoms with Gasteiger partial charge in [0, 0.05) is 18.7 Å². The zero-order valence-electron chi connectivity index (χ0n) is 13.6. The molecular weight excluding hydrogens is 315 g/mol. The summed E-state index contributed by atoms with van der Waals surface area (Å²) >= 11 is 0. The van der Waals surface area contributed by atoms with Crippen molar-refractivity contribution in [3.05, 3.63) is 29.6 Å². The van der Waals surface area contributed by atoms with Gasteiger partial charge in [-0.2, -0.15) is 0 Å². The number of rotatable bonds is 5. The molecule has 1 aromatic carbocycles. The van der Waals surface area contributed by atoms with Crippen LogP contribution < -0.4 is 9.64 Å². The average molecular weight is 334 g/mol. The second-order valence-electron chi connectivity index (χ2n) is 5.87. The van der Waals surface area contributed by atoms with Crippen molar-refractivity contribution in [2.45, 2.75) is 19.8 Å². The molecule has 0 amide bonds. The summed E-state index contributed by atoms with van der Waals surface area (Å²) in [6.07, 6.45) is 2.04. The lowest BCUT2D eigenvalue weighted by molar-refractivity contribution is 0.0698. The highest BCUT2D eigenvalue weighted by Gasteiger charge is 2.31. The summed E-state index contributed by atoms with van der Waals surface area (Å²) in [6.45, 7) is 3.62. The normalized spacial score (nSPS) is 17.3. The van der Waals surface area contributed by atoms with Gasteiger partial charge < -0.3 is 19.3 Å². The zero-order chi connectivity index (χ0) is 17.3. The summed E-state index contributed by atoms with van der Waals surface area (Å²) in [5.41, 5.74) is 0.413. The molecule has 0 spiro atoms. The third-order valence-electron chi connectivity index (χ3n) is 4.46. The highest BCUT2D eigenvalue weighted by Crippen LogP contribution is 2.36. The molecule has 1 saturated heterocycles. The monoisotopic (exact) mass is 334 g/mol. The van der Waals surface area contributed by atoms with Gasteiger partial charge in [-0.15, -0.1) is 0 Å². The van der Waals surface area contributed by atoms with Gasteiger partial charge in [0.05, 0.1) is 7.11 Å². The smallest absolute Gasteiger partial charge is 0.343 e. The van der Waals surface area contributed by atoms with E-state index in [0.29, 0.717) is 17.3 Å². The lowest BCUT2D eigenvalue weighted by Gasteiger charge is -2.15. The predicted molar refractivity (Wildman–Crippen MR) is 86.0 cm³/mol. The standard InChI is InChI=1S/C17H19FN2O4/c1-3-10-6-7-20(9-10)16-14(17(21)22)15(24-19-16)11-4-5-12(18)13(8-11)23-2/h4-5,8,10H,3,6-7,9H2,1-2H3,(H,21,22). The number of carboxylic acid groups (broad SMARTS) is 1. The number of methoxy groups -OCH3 is 1. The van der Waals surface area contributed by atoms with Gasteiger partial charge in [-0.25, -0.2) is 9.18 Å². The number of anilines is 1. The van der Waals surface area contributed by atoms with Gasteiger partial charge in [-0.1, -0.05) is 18.5 Å². The molecule has 1 N–H and O–H groups in total. The molecule has 0 aliphatic carbocycles. The van der Waals surface area contributed by atoms with Gasteiger partial charge in [0.15, 0.2) is 28.7 Å². The minimum atomic E-state index is -1.12. The van der Waals surface area contributed by atoms with E-state index < -0.39 is 11.8 Å². The molecule has 128 valence electrons. The number of carboxylic acids is 1. The second kappa shape index (κ2) is 6.51. The number of aromatic nitrogens is 1. The molecule has 1 unspecified atom stereocenters. The number of aromatic carboxylic acids is 1. The van der Waals surface area contributed by atoms with E-state index in [-0.39, 0.29) is 17.1 Å². The third-order valence-corrected chi connectivity index (χ3v) is 4.46. The van der Waals surface area contributed by atoms with E-state index in [0.717, 1.165) is 25.9 Å². The summed E-state index contributed by atoms with van der Waals surface area (Å²) in [7, 11) is 1.35. The van der Waals surface area contributed by atoms with Crippen LogP contribution in [0, 0.1) is 11.7 Å². The van der Waals surface area contributed by atoms with Gasteiger partial charge >= 0.3 is 5.97 Å². The molecule has 2 aromatic rings. The maximum atomic E-state index is 13.6. The number of benzene rings is 1. The van der Waals surface area contributed by atoms with E-state index in [1.165, 1.54) is 25.3 Å². The molecule has 3 rings (SSSR count). The summed E-state index contributed by atoms with van der Waals surface area (Å²) < 4.78 is 23.8. The van der Waals surface area contributed by atoms with Crippen molar-refractivity contribution in [3.63, 3.8) is 0 Å². The van der Waals surface area contributed by atoms with Gasteiger partial charge in [0.1, 0.15) is 0 Å². The Morgan fingerprint density at radius 1 is 1.54 bits per heavy atom. The Hall–Kier alpha value is -2.57. The minimum Gasteiger partial charge on any atom is -0.494 e. The summed E-state index contributed by atoms with van der Waals surface area (Å²) in [5.74, 6) is -0.660. The van der Waals surface area contributed by atoms with E-state index in [1.54, 1.807) is 0 Å². The lowest BCUT2D eigenvalue weighted by Crippen LogP contribution is -2.22. The number of ether oxygens (including phenoxy) is 1. The Labute approximate surface area is 138 Å². The van der Waals surface area contributed by atoms with Crippen molar-refractivity contribution in [1.29, 1.82) is 0 Å². The van der Waals surface area contributed by atoms with Crippen LogP contribution in [0.1, 0.15) is 30.1 Å². The van der Waals surface area contributed by atoms with Gasteiger partial charge in [0.2, 0.25) is 0 Å². The third kappa shape index (κ3) is 2.81. The molecule has 7 heteroatoms. The van der Waals surface area contributed by atoms with Crippen LogP contribution in [-0.4, -0.2) is 36.4 Å². The topological polar surface area (TPSA) is 75.8 Å². The number of carbonyl (C=O) groups is 1. The Bertz CT molecular complexity index is 759. The molecule has 24 heavy (non-hydrogen) atoms. The largest absolute Gasteiger partial charge is 0.494 e.